The quantitative estimate of drug-likeness (QED) is 0.688. The number of imidazole rings is 2. The standard InChI is InChI=1S/C7H11N2O2P.C6H10N2O.CH3Cl2OP/c1-6-5-7-8-3-4-9(7)12(10-2)11-6;1-5(9)4-6-7-2-3-8-6;1-5(2,3)4/h3-4,6H,5H2,1-2H3;2-3,5,9H,4H2,1H3,(H,7,8);1H3/t6-,12?;5-;/m00./s1. The molecule has 0 saturated heterocycles. The van der Waals surface area contributed by atoms with E-state index in [1.54, 1.807) is 32.6 Å². The van der Waals surface area contributed by atoms with Crippen LogP contribution in [0.3, 0.4) is 0 Å². The van der Waals surface area contributed by atoms with Crippen molar-refractivity contribution >= 4 is 36.9 Å². The third-order valence-corrected chi connectivity index (χ3v) is 4.38. The van der Waals surface area contributed by atoms with Gasteiger partial charge in [-0.25, -0.2) is 9.97 Å². The zero-order valence-corrected chi connectivity index (χ0v) is 18.3. The van der Waals surface area contributed by atoms with Crippen LogP contribution in [0.2, 0.25) is 0 Å². The van der Waals surface area contributed by atoms with E-state index in [1.165, 1.54) is 6.66 Å². The number of nitrogens with one attached hydrogen (secondary N) is 1. The summed E-state index contributed by atoms with van der Waals surface area (Å²) in [6.45, 7) is 5.05. The Balaban J connectivity index is 0.000000214. The Morgan fingerprint density at radius 3 is 2.69 bits per heavy atom. The van der Waals surface area contributed by atoms with Crippen molar-refractivity contribution in [3.63, 3.8) is 0 Å². The summed E-state index contributed by atoms with van der Waals surface area (Å²) in [6.07, 6.45) is 8.49. The smallest absolute Gasteiger partial charge is 0.295 e. The first-order valence-corrected chi connectivity index (χ1v) is 12.9. The van der Waals surface area contributed by atoms with Gasteiger partial charge in [-0.05, 0) is 36.3 Å². The molecule has 2 aromatic heterocycles. The molecule has 26 heavy (non-hydrogen) atoms. The number of hydrogen-bond acceptors (Lipinski definition) is 6. The Morgan fingerprint density at radius 2 is 2.19 bits per heavy atom. The third-order valence-electron chi connectivity index (χ3n) is 2.81. The van der Waals surface area contributed by atoms with E-state index in [4.69, 9.17) is 36.6 Å². The van der Waals surface area contributed by atoms with Crippen molar-refractivity contribution < 1.29 is 18.7 Å². The number of aliphatic hydroxyl groups is 1. The molecule has 2 aromatic rings. The number of aliphatic hydroxyl groups excluding tert-OH is 1. The number of aromatic nitrogens is 4. The van der Waals surface area contributed by atoms with E-state index >= 15 is 0 Å². The highest BCUT2D eigenvalue weighted by Gasteiger charge is 2.25. The summed E-state index contributed by atoms with van der Waals surface area (Å²) in [5, 5.41) is 8.86. The summed E-state index contributed by atoms with van der Waals surface area (Å²) in [4.78, 5) is 11.1. The second-order valence-electron chi connectivity index (χ2n) is 5.54. The van der Waals surface area contributed by atoms with Gasteiger partial charge in [-0.1, -0.05) is 0 Å². The summed E-state index contributed by atoms with van der Waals surface area (Å²) in [7, 11) is 0.727. The van der Waals surface area contributed by atoms with E-state index in [-0.39, 0.29) is 12.2 Å². The van der Waals surface area contributed by atoms with Crippen molar-refractivity contribution in [2.75, 3.05) is 13.8 Å². The minimum atomic E-state index is -2.69. The van der Waals surface area contributed by atoms with E-state index in [9.17, 15) is 4.57 Å². The second-order valence-corrected chi connectivity index (χ2v) is 12.9. The Hall–Kier alpha value is -0.460. The fourth-order valence-electron chi connectivity index (χ4n) is 1.94. The molecular formula is C14H24Cl2N4O4P2. The van der Waals surface area contributed by atoms with Crippen LogP contribution in [-0.4, -0.2) is 50.4 Å². The third kappa shape index (κ3) is 10.0. The van der Waals surface area contributed by atoms with Gasteiger partial charge in [0, 0.05) is 51.4 Å². The molecule has 3 atom stereocenters. The van der Waals surface area contributed by atoms with Gasteiger partial charge in [-0.2, -0.15) is 0 Å². The summed E-state index contributed by atoms with van der Waals surface area (Å²) < 4.78 is 22.5. The average molecular weight is 445 g/mol. The SMILES string of the molecule is COP1O[C@@H](C)Cc2nccn21.CP(=O)(Cl)Cl.C[C@H](O)Cc1ncc[nH]1. The molecule has 0 amide bonds. The highest BCUT2D eigenvalue weighted by molar-refractivity contribution is 8.08. The molecule has 0 bridgehead atoms. The number of halogens is 2. The topological polar surface area (TPSA) is 102 Å². The molecule has 0 radical (unpaired) electrons. The molecule has 12 heteroatoms. The van der Waals surface area contributed by atoms with Crippen LogP contribution in [0.25, 0.3) is 0 Å². The minimum Gasteiger partial charge on any atom is -0.393 e. The first-order chi connectivity index (χ1) is 12.1. The molecule has 3 heterocycles. The zero-order chi connectivity index (χ0) is 19.7. The molecular weight excluding hydrogens is 421 g/mol. The van der Waals surface area contributed by atoms with Crippen LogP contribution >= 0.6 is 36.9 Å². The number of fused-ring (bicyclic) bond motifs is 1. The normalized spacial score (nSPS) is 20.1. The Bertz CT molecular complexity index is 670. The number of hydrogen-bond donors (Lipinski definition) is 2. The molecule has 1 aliphatic heterocycles. The predicted octanol–water partition coefficient (Wildman–Crippen LogP) is 4.19. The molecule has 1 unspecified atom stereocenters. The lowest BCUT2D eigenvalue weighted by Crippen LogP contribution is -2.20. The highest BCUT2D eigenvalue weighted by Crippen LogP contribution is 2.52. The molecule has 3 rings (SSSR count). The van der Waals surface area contributed by atoms with Crippen LogP contribution < -0.4 is 0 Å². The van der Waals surface area contributed by atoms with Gasteiger partial charge in [-0.3, -0.25) is 8.90 Å². The minimum absolute atomic E-state index is 0.214. The summed E-state index contributed by atoms with van der Waals surface area (Å²) in [6, 6.07) is 0. The molecule has 148 valence electrons. The van der Waals surface area contributed by atoms with Crippen molar-refractivity contribution in [1.29, 1.82) is 0 Å². The van der Waals surface area contributed by atoms with Gasteiger partial charge in [-0.15, -0.1) is 0 Å². The van der Waals surface area contributed by atoms with E-state index in [0.29, 0.717) is 6.42 Å². The van der Waals surface area contributed by atoms with Gasteiger partial charge in [0.1, 0.15) is 11.6 Å². The number of rotatable bonds is 3. The van der Waals surface area contributed by atoms with Gasteiger partial charge in [0.2, 0.25) is 5.85 Å². The maximum Gasteiger partial charge on any atom is 0.295 e. The maximum absolute atomic E-state index is 9.75. The van der Waals surface area contributed by atoms with Gasteiger partial charge in [0.25, 0.3) is 8.53 Å². The average Bonchev–Trinajstić information content (AvgIpc) is 3.15. The molecule has 0 aromatic carbocycles. The van der Waals surface area contributed by atoms with Gasteiger partial charge >= 0.3 is 0 Å². The fraction of sp³-hybridized carbons (Fsp3) is 0.571. The lowest BCUT2D eigenvalue weighted by Gasteiger charge is -2.26. The number of aromatic amines is 1. The first-order valence-electron chi connectivity index (χ1n) is 7.76. The fourth-order valence-corrected chi connectivity index (χ4v) is 3.18. The van der Waals surface area contributed by atoms with Crippen LogP contribution in [0.15, 0.2) is 24.8 Å². The van der Waals surface area contributed by atoms with Crippen molar-refractivity contribution in [2.45, 2.75) is 38.9 Å². The predicted molar refractivity (Wildman–Crippen MR) is 105 cm³/mol. The van der Waals surface area contributed by atoms with E-state index in [0.717, 1.165) is 18.1 Å². The van der Waals surface area contributed by atoms with Gasteiger partial charge in [0.15, 0.2) is 0 Å². The summed E-state index contributed by atoms with van der Waals surface area (Å²) in [5.41, 5.74) is 0. The van der Waals surface area contributed by atoms with Crippen LogP contribution in [0, 0.1) is 0 Å². The van der Waals surface area contributed by atoms with Gasteiger partial charge in [0.05, 0.1) is 12.2 Å². The molecule has 0 aliphatic carbocycles. The Kier molecular flexibility index (Phi) is 10.3. The van der Waals surface area contributed by atoms with Crippen molar-refractivity contribution in [2.24, 2.45) is 0 Å². The highest BCUT2D eigenvalue weighted by atomic mass is 35.9. The second kappa shape index (κ2) is 11.4. The van der Waals surface area contributed by atoms with E-state index in [1.807, 2.05) is 17.5 Å². The van der Waals surface area contributed by atoms with E-state index in [2.05, 4.69) is 15.0 Å². The Labute approximate surface area is 164 Å². The van der Waals surface area contributed by atoms with Crippen LogP contribution in [-0.2, 0) is 26.5 Å². The van der Waals surface area contributed by atoms with Crippen molar-refractivity contribution in [3.8, 4) is 0 Å². The van der Waals surface area contributed by atoms with Crippen LogP contribution in [0.4, 0.5) is 0 Å². The lowest BCUT2D eigenvalue weighted by molar-refractivity contribution is 0.187. The molecule has 0 spiro atoms. The first kappa shape index (κ1) is 23.6. The number of H-pyrrole nitrogens is 1. The van der Waals surface area contributed by atoms with Crippen LogP contribution in [0.5, 0.6) is 0 Å². The molecule has 0 saturated carbocycles. The van der Waals surface area contributed by atoms with Crippen LogP contribution in [0.1, 0.15) is 25.5 Å². The van der Waals surface area contributed by atoms with Crippen molar-refractivity contribution in [1.82, 2.24) is 19.3 Å². The largest absolute Gasteiger partial charge is 0.393 e. The molecule has 2 N–H and O–H groups in total. The summed E-state index contributed by atoms with van der Waals surface area (Å²) >= 11 is 9.70. The Morgan fingerprint density at radius 1 is 1.54 bits per heavy atom. The monoisotopic (exact) mass is 444 g/mol. The van der Waals surface area contributed by atoms with E-state index < -0.39 is 14.4 Å². The number of nitrogens with zero attached hydrogens (tertiary/aromatic N) is 3. The van der Waals surface area contributed by atoms with Crippen molar-refractivity contribution in [3.05, 3.63) is 36.4 Å². The summed E-state index contributed by atoms with van der Waals surface area (Å²) in [5.74, 6) is -0.799. The maximum atomic E-state index is 9.75. The van der Waals surface area contributed by atoms with Gasteiger partial charge < -0.3 is 19.1 Å². The lowest BCUT2D eigenvalue weighted by atomic mass is 10.3. The molecule has 1 aliphatic rings. The zero-order valence-electron chi connectivity index (χ0n) is 15.0. The molecule has 0 fully saturated rings. The molecule has 8 nitrogen and oxygen atoms in total.